The third kappa shape index (κ3) is 3.62. The number of carbonyl (C=O) groups excluding carboxylic acids is 1. The first-order valence-corrected chi connectivity index (χ1v) is 8.86. The van der Waals surface area contributed by atoms with Gasteiger partial charge in [-0.3, -0.25) is 4.79 Å². The lowest BCUT2D eigenvalue weighted by Crippen LogP contribution is -2.14. The van der Waals surface area contributed by atoms with Gasteiger partial charge in [-0.15, -0.1) is 0 Å². The first-order chi connectivity index (χ1) is 13.6. The van der Waals surface area contributed by atoms with Gasteiger partial charge in [0.05, 0.1) is 5.69 Å². The van der Waals surface area contributed by atoms with Gasteiger partial charge in [0.2, 0.25) is 0 Å². The normalized spacial score (nSPS) is 14.3. The molecular formula is C19H16F4N4O2. The molecule has 1 aliphatic rings. The molecule has 0 radical (unpaired) electrons. The van der Waals surface area contributed by atoms with Gasteiger partial charge >= 0.3 is 6.18 Å². The summed E-state index contributed by atoms with van der Waals surface area (Å²) in [5.74, 6) is -1.08. The van der Waals surface area contributed by atoms with Crippen LogP contribution < -0.4 is 5.32 Å². The Morgan fingerprint density at radius 3 is 2.52 bits per heavy atom. The summed E-state index contributed by atoms with van der Waals surface area (Å²) in [5.41, 5.74) is -0.0710. The number of hydrogen-bond acceptors (Lipinski definition) is 4. The van der Waals surface area contributed by atoms with E-state index in [1.54, 1.807) is 13.8 Å². The summed E-state index contributed by atoms with van der Waals surface area (Å²) in [4.78, 5) is 12.4. The molecular weight excluding hydrogens is 392 g/mol. The predicted molar refractivity (Wildman–Crippen MR) is 94.4 cm³/mol. The van der Waals surface area contributed by atoms with Crippen LogP contribution in [0.4, 0.5) is 23.2 Å². The highest BCUT2D eigenvalue weighted by Gasteiger charge is 2.38. The molecule has 1 N–H and O–H groups in total. The second kappa shape index (κ2) is 6.71. The molecule has 10 heteroatoms. The van der Waals surface area contributed by atoms with E-state index in [2.05, 4.69) is 15.6 Å². The zero-order chi connectivity index (χ0) is 20.9. The van der Waals surface area contributed by atoms with Crippen LogP contribution in [0.25, 0.3) is 5.69 Å². The Morgan fingerprint density at radius 1 is 1.24 bits per heavy atom. The quantitative estimate of drug-likeness (QED) is 0.632. The molecule has 0 spiro atoms. The second-order valence-corrected chi connectivity index (χ2v) is 6.96. The minimum atomic E-state index is -4.62. The van der Waals surface area contributed by atoms with Gasteiger partial charge in [-0.2, -0.15) is 18.3 Å². The number of anilines is 1. The van der Waals surface area contributed by atoms with E-state index in [9.17, 15) is 22.4 Å². The maximum absolute atomic E-state index is 14.7. The van der Waals surface area contributed by atoms with Crippen LogP contribution in [-0.4, -0.2) is 20.8 Å². The summed E-state index contributed by atoms with van der Waals surface area (Å²) in [6, 6.07) is 4.69. The summed E-state index contributed by atoms with van der Waals surface area (Å²) < 4.78 is 59.8. The monoisotopic (exact) mass is 408 g/mol. The fourth-order valence-corrected chi connectivity index (χ4v) is 3.15. The van der Waals surface area contributed by atoms with Crippen molar-refractivity contribution in [1.82, 2.24) is 14.9 Å². The van der Waals surface area contributed by atoms with Gasteiger partial charge in [0.1, 0.15) is 17.0 Å². The largest absolute Gasteiger partial charge is 0.435 e. The van der Waals surface area contributed by atoms with Crippen molar-refractivity contribution in [3.05, 3.63) is 58.5 Å². The number of carbonyl (C=O) groups is 1. The van der Waals surface area contributed by atoms with Crippen molar-refractivity contribution in [2.75, 3.05) is 5.32 Å². The van der Waals surface area contributed by atoms with Crippen molar-refractivity contribution in [2.24, 2.45) is 0 Å². The SMILES string of the molecule is Cc1noc(C)c1C(=O)Nc1ccc(-n2nc(C(F)(F)F)cc2C2CC2)c(F)c1. The Hall–Kier alpha value is -3.17. The first kappa shape index (κ1) is 19.2. The third-order valence-electron chi connectivity index (χ3n) is 4.72. The van der Waals surface area contributed by atoms with Crippen LogP contribution in [0.5, 0.6) is 0 Å². The van der Waals surface area contributed by atoms with E-state index in [0.29, 0.717) is 17.1 Å². The van der Waals surface area contributed by atoms with Gasteiger partial charge in [0.15, 0.2) is 11.5 Å². The molecule has 0 atom stereocenters. The molecule has 3 aromatic rings. The van der Waals surface area contributed by atoms with E-state index in [0.717, 1.165) is 29.7 Å². The molecule has 0 saturated heterocycles. The van der Waals surface area contributed by atoms with E-state index < -0.39 is 23.6 Å². The topological polar surface area (TPSA) is 73.0 Å². The number of hydrogen-bond donors (Lipinski definition) is 1. The van der Waals surface area contributed by atoms with Crippen LogP contribution in [0, 0.1) is 19.7 Å². The van der Waals surface area contributed by atoms with Crippen LogP contribution in [0.2, 0.25) is 0 Å². The van der Waals surface area contributed by atoms with Gasteiger partial charge < -0.3 is 9.84 Å². The zero-order valence-corrected chi connectivity index (χ0v) is 15.5. The lowest BCUT2D eigenvalue weighted by Gasteiger charge is -2.10. The molecule has 0 unspecified atom stereocenters. The Bertz CT molecular complexity index is 1080. The highest BCUT2D eigenvalue weighted by molar-refractivity contribution is 6.05. The van der Waals surface area contributed by atoms with Crippen LogP contribution in [0.1, 0.15) is 52.0 Å². The number of rotatable bonds is 4. The number of amides is 1. The average molecular weight is 408 g/mol. The lowest BCUT2D eigenvalue weighted by molar-refractivity contribution is -0.141. The number of alkyl halides is 3. The number of aryl methyl sites for hydroxylation is 2. The maximum atomic E-state index is 14.7. The number of aromatic nitrogens is 3. The minimum Gasteiger partial charge on any atom is -0.361 e. The van der Waals surface area contributed by atoms with E-state index >= 15 is 0 Å². The fraction of sp³-hybridized carbons (Fsp3) is 0.316. The number of halogens is 4. The molecule has 29 heavy (non-hydrogen) atoms. The Morgan fingerprint density at radius 2 is 1.97 bits per heavy atom. The Balaban J connectivity index is 1.65. The van der Waals surface area contributed by atoms with E-state index in [1.807, 2.05) is 0 Å². The molecule has 0 aliphatic heterocycles. The predicted octanol–water partition coefficient (Wildman–Crippen LogP) is 4.76. The van der Waals surface area contributed by atoms with Crippen LogP contribution in [-0.2, 0) is 6.18 Å². The minimum absolute atomic E-state index is 0.0723. The third-order valence-corrected chi connectivity index (χ3v) is 4.72. The van der Waals surface area contributed by atoms with Gasteiger partial charge in [-0.05, 0) is 51.0 Å². The van der Waals surface area contributed by atoms with Crippen molar-refractivity contribution < 1.29 is 26.9 Å². The molecule has 1 amide bonds. The molecule has 152 valence electrons. The summed E-state index contributed by atoms with van der Waals surface area (Å²) in [6.45, 7) is 3.18. The van der Waals surface area contributed by atoms with Crippen LogP contribution in [0.3, 0.4) is 0 Å². The van der Waals surface area contributed by atoms with Gasteiger partial charge in [-0.25, -0.2) is 9.07 Å². The Kier molecular flexibility index (Phi) is 4.44. The molecule has 1 saturated carbocycles. The van der Waals surface area contributed by atoms with Crippen LogP contribution in [0.15, 0.2) is 28.8 Å². The molecule has 2 heterocycles. The summed E-state index contributed by atoms with van der Waals surface area (Å²) in [7, 11) is 0. The Labute approximate surface area is 162 Å². The van der Waals surface area contributed by atoms with E-state index in [4.69, 9.17) is 4.52 Å². The average Bonchev–Trinajstić information content (AvgIpc) is 3.28. The molecule has 1 aromatic carbocycles. The van der Waals surface area contributed by atoms with E-state index in [1.165, 1.54) is 12.1 Å². The van der Waals surface area contributed by atoms with E-state index in [-0.39, 0.29) is 22.9 Å². The van der Waals surface area contributed by atoms with Crippen molar-refractivity contribution in [3.8, 4) is 5.69 Å². The van der Waals surface area contributed by atoms with Crippen LogP contribution >= 0.6 is 0 Å². The molecule has 0 bridgehead atoms. The molecule has 2 aromatic heterocycles. The summed E-state index contributed by atoms with van der Waals surface area (Å²) in [6.07, 6.45) is -3.15. The van der Waals surface area contributed by atoms with Crippen molar-refractivity contribution in [2.45, 2.75) is 38.8 Å². The smallest absolute Gasteiger partial charge is 0.361 e. The van der Waals surface area contributed by atoms with Crippen molar-refractivity contribution >= 4 is 11.6 Å². The van der Waals surface area contributed by atoms with Gasteiger partial charge in [0.25, 0.3) is 5.91 Å². The molecule has 6 nitrogen and oxygen atoms in total. The second-order valence-electron chi connectivity index (χ2n) is 6.96. The summed E-state index contributed by atoms with van der Waals surface area (Å²) >= 11 is 0. The van der Waals surface area contributed by atoms with Gasteiger partial charge in [-0.1, -0.05) is 5.16 Å². The number of nitrogens with one attached hydrogen (secondary N) is 1. The highest BCUT2D eigenvalue weighted by Crippen LogP contribution is 2.43. The fourth-order valence-electron chi connectivity index (χ4n) is 3.15. The highest BCUT2D eigenvalue weighted by atomic mass is 19.4. The van der Waals surface area contributed by atoms with Crippen molar-refractivity contribution in [1.29, 1.82) is 0 Å². The number of benzene rings is 1. The standard InChI is InChI=1S/C19H16F4N4O2/c1-9-17(10(2)29-26-9)18(28)24-12-5-6-14(13(20)7-12)27-15(11-3-4-11)8-16(25-27)19(21,22)23/h5-8,11H,3-4H2,1-2H3,(H,24,28). The van der Waals surface area contributed by atoms with Crippen molar-refractivity contribution in [3.63, 3.8) is 0 Å². The molecule has 1 aliphatic carbocycles. The molecule has 1 fully saturated rings. The molecule has 4 rings (SSSR count). The summed E-state index contributed by atoms with van der Waals surface area (Å²) in [5, 5.41) is 9.80. The number of nitrogens with zero attached hydrogens (tertiary/aromatic N) is 3. The first-order valence-electron chi connectivity index (χ1n) is 8.86. The zero-order valence-electron chi connectivity index (χ0n) is 15.5. The maximum Gasteiger partial charge on any atom is 0.435 e. The lowest BCUT2D eigenvalue weighted by atomic mass is 10.2. The van der Waals surface area contributed by atoms with Gasteiger partial charge in [0, 0.05) is 17.3 Å².